The predicted molar refractivity (Wildman–Crippen MR) is 81.2 cm³/mol. The van der Waals surface area contributed by atoms with E-state index >= 15 is 0 Å². The first-order valence-electron chi connectivity index (χ1n) is 6.78. The van der Waals surface area contributed by atoms with Crippen LogP contribution in [0, 0.1) is 0 Å². The Balaban J connectivity index is 1.65. The number of thiazole rings is 1. The zero-order valence-corrected chi connectivity index (χ0v) is 12.4. The largest absolute Gasteiger partial charge is 0.345 e. The zero-order valence-electron chi connectivity index (χ0n) is 11.6. The second-order valence-corrected chi connectivity index (χ2v) is 5.61. The van der Waals surface area contributed by atoms with Gasteiger partial charge in [0, 0.05) is 10.8 Å². The number of nitrogens with one attached hydrogen (secondary N) is 2. The number of nitrogens with zero attached hydrogens (tertiary/aromatic N) is 3. The molecular weight excluding hydrogens is 286 g/mol. The minimum Gasteiger partial charge on any atom is -0.345 e. The molecule has 2 N–H and O–H groups in total. The van der Waals surface area contributed by atoms with Gasteiger partial charge in [0.05, 0.1) is 23.4 Å². The fourth-order valence-electron chi connectivity index (χ4n) is 1.97. The van der Waals surface area contributed by atoms with Crippen molar-refractivity contribution in [2.75, 3.05) is 0 Å². The molecule has 6 nitrogen and oxygen atoms in total. The van der Waals surface area contributed by atoms with Crippen LogP contribution >= 0.6 is 11.3 Å². The average Bonchev–Trinajstić information content (AvgIpc) is 3.13. The normalized spacial score (nSPS) is 10.9. The Morgan fingerprint density at radius 2 is 2.29 bits per heavy atom. The molecule has 0 aliphatic heterocycles. The highest BCUT2D eigenvalue weighted by molar-refractivity contribution is 7.09. The lowest BCUT2D eigenvalue weighted by Crippen LogP contribution is -2.24. The van der Waals surface area contributed by atoms with Crippen molar-refractivity contribution in [3.05, 3.63) is 40.1 Å². The second kappa shape index (κ2) is 6.01. The van der Waals surface area contributed by atoms with Gasteiger partial charge < -0.3 is 5.32 Å². The molecule has 7 heteroatoms. The fraction of sp³-hybridized carbons (Fsp3) is 0.286. The van der Waals surface area contributed by atoms with Crippen LogP contribution in [0.2, 0.25) is 0 Å². The number of aromatic amines is 1. The molecule has 0 aliphatic carbocycles. The number of aromatic nitrogens is 4. The van der Waals surface area contributed by atoms with Crippen molar-refractivity contribution in [2.45, 2.75) is 26.3 Å². The van der Waals surface area contributed by atoms with Crippen LogP contribution in [0.3, 0.4) is 0 Å². The number of hydrogen-bond donors (Lipinski definition) is 2. The lowest BCUT2D eigenvalue weighted by atomic mass is 10.3. The summed E-state index contributed by atoms with van der Waals surface area (Å²) in [5, 5.41) is 13.5. The molecule has 0 saturated heterocycles. The highest BCUT2D eigenvalue weighted by atomic mass is 32.1. The lowest BCUT2D eigenvalue weighted by molar-refractivity contribution is 0.0946. The van der Waals surface area contributed by atoms with Crippen molar-refractivity contribution in [3.63, 3.8) is 0 Å². The first-order chi connectivity index (χ1) is 10.3. The van der Waals surface area contributed by atoms with E-state index < -0.39 is 0 Å². The van der Waals surface area contributed by atoms with Gasteiger partial charge in [-0.15, -0.1) is 11.3 Å². The van der Waals surface area contributed by atoms with Crippen LogP contribution in [0.5, 0.6) is 0 Å². The van der Waals surface area contributed by atoms with Gasteiger partial charge in [-0.1, -0.05) is 6.92 Å². The van der Waals surface area contributed by atoms with Gasteiger partial charge >= 0.3 is 0 Å². The number of fused-ring (bicyclic) bond motifs is 1. The Morgan fingerprint density at radius 3 is 3.14 bits per heavy atom. The van der Waals surface area contributed by atoms with E-state index in [1.807, 2.05) is 11.4 Å². The Morgan fingerprint density at radius 1 is 1.38 bits per heavy atom. The van der Waals surface area contributed by atoms with Gasteiger partial charge in [-0.05, 0) is 25.0 Å². The first-order valence-corrected chi connectivity index (χ1v) is 7.66. The lowest BCUT2D eigenvalue weighted by Gasteiger charge is -2.02. The van der Waals surface area contributed by atoms with Gasteiger partial charge in [0.1, 0.15) is 5.69 Å². The van der Waals surface area contributed by atoms with E-state index in [1.165, 1.54) is 0 Å². The van der Waals surface area contributed by atoms with E-state index in [1.54, 1.807) is 23.6 Å². The number of carbonyl (C=O) groups excluding carboxylic acids is 1. The summed E-state index contributed by atoms with van der Waals surface area (Å²) in [5.41, 5.74) is 1.87. The third-order valence-electron chi connectivity index (χ3n) is 3.03. The first kappa shape index (κ1) is 13.7. The summed E-state index contributed by atoms with van der Waals surface area (Å²) in [6, 6.07) is 3.51. The Kier molecular flexibility index (Phi) is 3.92. The molecule has 0 fully saturated rings. The molecule has 3 aromatic heterocycles. The molecule has 0 atom stereocenters. The fourth-order valence-corrected chi connectivity index (χ4v) is 2.87. The number of carbonyl (C=O) groups is 1. The van der Waals surface area contributed by atoms with E-state index in [2.05, 4.69) is 32.4 Å². The van der Waals surface area contributed by atoms with E-state index in [-0.39, 0.29) is 5.91 Å². The van der Waals surface area contributed by atoms with Crippen molar-refractivity contribution in [3.8, 4) is 0 Å². The van der Waals surface area contributed by atoms with Crippen LogP contribution in [0.25, 0.3) is 11.0 Å². The Bertz CT molecular complexity index is 763. The Labute approximate surface area is 125 Å². The molecule has 3 rings (SSSR count). The van der Waals surface area contributed by atoms with Gasteiger partial charge in [0.15, 0.2) is 5.65 Å². The number of amides is 1. The number of pyridine rings is 1. The molecule has 0 aromatic carbocycles. The Hall–Kier alpha value is -2.28. The minimum atomic E-state index is -0.212. The van der Waals surface area contributed by atoms with E-state index in [0.717, 1.165) is 28.9 Å². The monoisotopic (exact) mass is 301 g/mol. The van der Waals surface area contributed by atoms with Crippen molar-refractivity contribution >= 4 is 28.3 Å². The molecule has 0 unspecified atom stereocenters. The van der Waals surface area contributed by atoms with Crippen LogP contribution < -0.4 is 5.32 Å². The SMILES string of the molecule is CCCc1nc(CNC(=O)c2ccc3cn[nH]c3n2)cs1. The van der Waals surface area contributed by atoms with Crippen LogP contribution in [0.1, 0.15) is 34.5 Å². The van der Waals surface area contributed by atoms with Gasteiger partial charge in [-0.25, -0.2) is 9.97 Å². The number of aryl methyl sites for hydroxylation is 1. The number of rotatable bonds is 5. The highest BCUT2D eigenvalue weighted by Crippen LogP contribution is 2.12. The number of hydrogen-bond acceptors (Lipinski definition) is 5. The summed E-state index contributed by atoms with van der Waals surface area (Å²) in [7, 11) is 0. The summed E-state index contributed by atoms with van der Waals surface area (Å²) in [6.45, 7) is 2.54. The molecule has 0 spiro atoms. The van der Waals surface area contributed by atoms with E-state index in [0.29, 0.717) is 17.9 Å². The van der Waals surface area contributed by atoms with Gasteiger partial charge in [0.25, 0.3) is 5.91 Å². The van der Waals surface area contributed by atoms with E-state index in [9.17, 15) is 4.79 Å². The minimum absolute atomic E-state index is 0.212. The third-order valence-corrected chi connectivity index (χ3v) is 3.98. The molecule has 108 valence electrons. The van der Waals surface area contributed by atoms with E-state index in [4.69, 9.17) is 0 Å². The molecule has 0 radical (unpaired) electrons. The molecule has 0 aliphatic rings. The standard InChI is InChI=1S/C14H15N5OS/c1-2-3-12-17-10(8-21-12)7-15-14(20)11-5-4-9-6-16-19-13(9)18-11/h4-6,8H,2-3,7H2,1H3,(H,15,20)(H,16,18,19). The summed E-state index contributed by atoms with van der Waals surface area (Å²) in [4.78, 5) is 20.8. The molecular formula is C14H15N5OS. The van der Waals surface area contributed by atoms with Crippen LogP contribution in [-0.4, -0.2) is 26.1 Å². The molecule has 0 bridgehead atoms. The van der Waals surface area contributed by atoms with Crippen LogP contribution in [0.15, 0.2) is 23.7 Å². The topological polar surface area (TPSA) is 83.6 Å². The van der Waals surface area contributed by atoms with Crippen molar-refractivity contribution in [1.29, 1.82) is 0 Å². The molecule has 0 saturated carbocycles. The summed E-state index contributed by atoms with van der Waals surface area (Å²) >= 11 is 1.63. The second-order valence-electron chi connectivity index (χ2n) is 4.67. The maximum Gasteiger partial charge on any atom is 0.270 e. The van der Waals surface area contributed by atoms with Gasteiger partial charge in [-0.2, -0.15) is 5.10 Å². The van der Waals surface area contributed by atoms with Crippen molar-refractivity contribution in [1.82, 2.24) is 25.5 Å². The smallest absolute Gasteiger partial charge is 0.270 e. The van der Waals surface area contributed by atoms with Crippen molar-refractivity contribution < 1.29 is 4.79 Å². The quantitative estimate of drug-likeness (QED) is 0.757. The van der Waals surface area contributed by atoms with Crippen LogP contribution in [-0.2, 0) is 13.0 Å². The molecule has 3 aromatic rings. The molecule has 21 heavy (non-hydrogen) atoms. The van der Waals surface area contributed by atoms with Gasteiger partial charge in [0.2, 0.25) is 0 Å². The van der Waals surface area contributed by atoms with Crippen molar-refractivity contribution in [2.24, 2.45) is 0 Å². The maximum absolute atomic E-state index is 12.1. The highest BCUT2D eigenvalue weighted by Gasteiger charge is 2.09. The number of H-pyrrole nitrogens is 1. The average molecular weight is 301 g/mol. The maximum atomic E-state index is 12.1. The van der Waals surface area contributed by atoms with Crippen LogP contribution in [0.4, 0.5) is 0 Å². The van der Waals surface area contributed by atoms with Gasteiger partial charge in [-0.3, -0.25) is 9.89 Å². The molecule has 3 heterocycles. The molecule has 1 amide bonds. The summed E-state index contributed by atoms with van der Waals surface area (Å²) < 4.78 is 0. The summed E-state index contributed by atoms with van der Waals surface area (Å²) in [5.74, 6) is -0.212. The summed E-state index contributed by atoms with van der Waals surface area (Å²) in [6.07, 6.45) is 3.73. The zero-order chi connectivity index (χ0) is 14.7. The third kappa shape index (κ3) is 3.08. The predicted octanol–water partition coefficient (Wildman–Crippen LogP) is 2.30.